The molecule has 0 aliphatic heterocycles. The monoisotopic (exact) mass is 168 g/mol. The maximum Gasteiger partial charge on any atom is 0.330 e. The molecule has 0 amide bonds. The number of allylic oxidation sites excluding steroid dienone is 1. The first kappa shape index (κ1) is 9.30. The smallest absolute Gasteiger partial charge is 0.330 e. The maximum atomic E-state index is 11.0. The molecule has 0 unspecified atom stereocenters. The highest BCUT2D eigenvalue weighted by molar-refractivity contribution is 5.82. The van der Waals surface area contributed by atoms with E-state index >= 15 is 0 Å². The number of ether oxygens (including phenoxy) is 1. The van der Waals surface area contributed by atoms with Crippen LogP contribution in [0.1, 0.15) is 39.0 Å². The first-order chi connectivity index (χ1) is 5.83. The van der Waals surface area contributed by atoms with Crippen LogP contribution < -0.4 is 0 Å². The molecule has 0 bridgehead atoms. The van der Waals surface area contributed by atoms with Gasteiger partial charge in [0.2, 0.25) is 0 Å². The predicted molar refractivity (Wildman–Crippen MR) is 47.8 cm³/mol. The number of hydrogen-bond acceptors (Lipinski definition) is 2. The van der Waals surface area contributed by atoms with Gasteiger partial charge in [-0.05, 0) is 25.7 Å². The SMILES string of the molecule is CCCC=CC(=O)OC1CCC1. The molecule has 2 nitrogen and oxygen atoms in total. The van der Waals surface area contributed by atoms with Crippen LogP contribution >= 0.6 is 0 Å². The predicted octanol–water partition coefficient (Wildman–Crippen LogP) is 2.44. The van der Waals surface area contributed by atoms with Crippen LogP contribution in [-0.2, 0) is 9.53 Å². The van der Waals surface area contributed by atoms with Gasteiger partial charge in [0.15, 0.2) is 0 Å². The molecule has 0 saturated heterocycles. The summed E-state index contributed by atoms with van der Waals surface area (Å²) in [4.78, 5) is 11.0. The summed E-state index contributed by atoms with van der Waals surface area (Å²) >= 11 is 0. The summed E-state index contributed by atoms with van der Waals surface area (Å²) in [6, 6.07) is 0. The molecule has 68 valence electrons. The Hall–Kier alpha value is -0.790. The molecule has 1 rings (SSSR count). The van der Waals surface area contributed by atoms with E-state index < -0.39 is 0 Å². The van der Waals surface area contributed by atoms with Crippen molar-refractivity contribution in [2.45, 2.75) is 45.1 Å². The van der Waals surface area contributed by atoms with Gasteiger partial charge in [0.1, 0.15) is 6.10 Å². The summed E-state index contributed by atoms with van der Waals surface area (Å²) in [6.07, 6.45) is 8.97. The van der Waals surface area contributed by atoms with Crippen LogP contribution in [0.4, 0.5) is 0 Å². The molecule has 0 atom stereocenters. The second-order valence-corrected chi connectivity index (χ2v) is 3.18. The van der Waals surface area contributed by atoms with E-state index in [4.69, 9.17) is 4.74 Å². The van der Waals surface area contributed by atoms with Gasteiger partial charge in [-0.1, -0.05) is 19.4 Å². The number of carbonyl (C=O) groups is 1. The van der Waals surface area contributed by atoms with Gasteiger partial charge < -0.3 is 4.74 Å². The molecule has 1 aliphatic carbocycles. The van der Waals surface area contributed by atoms with Crippen LogP contribution in [0.3, 0.4) is 0 Å². The minimum Gasteiger partial charge on any atom is -0.459 e. The van der Waals surface area contributed by atoms with Crippen molar-refractivity contribution in [1.29, 1.82) is 0 Å². The van der Waals surface area contributed by atoms with Gasteiger partial charge in [-0.3, -0.25) is 0 Å². The zero-order valence-corrected chi connectivity index (χ0v) is 7.58. The Morgan fingerprint density at radius 3 is 2.83 bits per heavy atom. The molecule has 1 fully saturated rings. The lowest BCUT2D eigenvalue weighted by molar-refractivity contribution is -0.146. The Balaban J connectivity index is 2.10. The van der Waals surface area contributed by atoms with Gasteiger partial charge in [-0.25, -0.2) is 4.79 Å². The fourth-order valence-corrected chi connectivity index (χ4v) is 1.04. The van der Waals surface area contributed by atoms with Crippen molar-refractivity contribution in [3.8, 4) is 0 Å². The van der Waals surface area contributed by atoms with Crippen LogP contribution in [0.5, 0.6) is 0 Å². The third-order valence-electron chi connectivity index (χ3n) is 2.04. The molecule has 0 N–H and O–H groups in total. The van der Waals surface area contributed by atoms with E-state index in [0.717, 1.165) is 25.7 Å². The first-order valence-corrected chi connectivity index (χ1v) is 4.70. The van der Waals surface area contributed by atoms with Crippen molar-refractivity contribution in [2.24, 2.45) is 0 Å². The second-order valence-electron chi connectivity index (χ2n) is 3.18. The lowest BCUT2D eigenvalue weighted by Crippen LogP contribution is -2.23. The van der Waals surface area contributed by atoms with Gasteiger partial charge in [0.05, 0.1) is 0 Å². The summed E-state index contributed by atoms with van der Waals surface area (Å²) in [5.41, 5.74) is 0. The fraction of sp³-hybridized carbons (Fsp3) is 0.700. The molecule has 0 heterocycles. The number of carbonyl (C=O) groups excluding carboxylic acids is 1. The summed E-state index contributed by atoms with van der Waals surface area (Å²) < 4.78 is 5.11. The van der Waals surface area contributed by atoms with Gasteiger partial charge in [0.25, 0.3) is 0 Å². The standard InChI is InChI=1S/C10H16O2/c1-2-3-4-8-10(11)12-9-6-5-7-9/h4,8-9H,2-3,5-7H2,1H3. The van der Waals surface area contributed by atoms with E-state index in [0.29, 0.717) is 0 Å². The number of esters is 1. The van der Waals surface area contributed by atoms with E-state index in [1.807, 2.05) is 6.08 Å². The molecule has 0 aromatic rings. The van der Waals surface area contributed by atoms with Gasteiger partial charge in [-0.2, -0.15) is 0 Å². The Morgan fingerprint density at radius 1 is 1.58 bits per heavy atom. The minimum atomic E-state index is -0.173. The third-order valence-corrected chi connectivity index (χ3v) is 2.04. The molecule has 0 radical (unpaired) electrons. The van der Waals surface area contributed by atoms with E-state index in [-0.39, 0.29) is 12.1 Å². The molecule has 0 aromatic heterocycles. The molecule has 0 aromatic carbocycles. The highest BCUT2D eigenvalue weighted by Gasteiger charge is 2.20. The molecule has 1 saturated carbocycles. The van der Waals surface area contributed by atoms with Crippen LogP contribution in [0.15, 0.2) is 12.2 Å². The molecule has 0 spiro atoms. The number of rotatable bonds is 4. The van der Waals surface area contributed by atoms with Crippen LogP contribution in [0.25, 0.3) is 0 Å². The van der Waals surface area contributed by atoms with Crippen molar-refractivity contribution < 1.29 is 9.53 Å². The van der Waals surface area contributed by atoms with E-state index in [1.165, 1.54) is 6.42 Å². The Bertz CT molecular complexity index is 169. The summed E-state index contributed by atoms with van der Waals surface area (Å²) in [5, 5.41) is 0. The first-order valence-electron chi connectivity index (χ1n) is 4.70. The quantitative estimate of drug-likeness (QED) is 0.476. The highest BCUT2D eigenvalue weighted by Crippen LogP contribution is 2.21. The van der Waals surface area contributed by atoms with Crippen molar-refractivity contribution in [2.75, 3.05) is 0 Å². The zero-order chi connectivity index (χ0) is 8.81. The Morgan fingerprint density at radius 2 is 2.33 bits per heavy atom. The molecular weight excluding hydrogens is 152 g/mol. The molecule has 12 heavy (non-hydrogen) atoms. The maximum absolute atomic E-state index is 11.0. The molecular formula is C10H16O2. The summed E-state index contributed by atoms with van der Waals surface area (Å²) in [6.45, 7) is 2.08. The van der Waals surface area contributed by atoms with Crippen LogP contribution in [-0.4, -0.2) is 12.1 Å². The Kier molecular flexibility index (Phi) is 3.85. The van der Waals surface area contributed by atoms with Gasteiger partial charge in [0, 0.05) is 6.08 Å². The minimum absolute atomic E-state index is 0.173. The average Bonchev–Trinajstić information content (AvgIpc) is 1.98. The fourth-order valence-electron chi connectivity index (χ4n) is 1.04. The van der Waals surface area contributed by atoms with Crippen molar-refractivity contribution in [1.82, 2.24) is 0 Å². The average molecular weight is 168 g/mol. The zero-order valence-electron chi connectivity index (χ0n) is 7.58. The number of hydrogen-bond donors (Lipinski definition) is 0. The highest BCUT2D eigenvalue weighted by atomic mass is 16.5. The third kappa shape index (κ3) is 3.07. The van der Waals surface area contributed by atoms with Crippen LogP contribution in [0.2, 0.25) is 0 Å². The van der Waals surface area contributed by atoms with E-state index in [2.05, 4.69) is 6.92 Å². The van der Waals surface area contributed by atoms with Crippen molar-refractivity contribution >= 4 is 5.97 Å². The van der Waals surface area contributed by atoms with Gasteiger partial charge >= 0.3 is 5.97 Å². The van der Waals surface area contributed by atoms with Gasteiger partial charge in [-0.15, -0.1) is 0 Å². The number of unbranched alkanes of at least 4 members (excludes halogenated alkanes) is 1. The largest absolute Gasteiger partial charge is 0.459 e. The second kappa shape index (κ2) is 4.96. The van der Waals surface area contributed by atoms with E-state index in [1.54, 1.807) is 6.08 Å². The van der Waals surface area contributed by atoms with E-state index in [9.17, 15) is 4.79 Å². The van der Waals surface area contributed by atoms with Crippen molar-refractivity contribution in [3.63, 3.8) is 0 Å². The molecule has 2 heteroatoms. The Labute approximate surface area is 73.6 Å². The van der Waals surface area contributed by atoms with Crippen molar-refractivity contribution in [3.05, 3.63) is 12.2 Å². The summed E-state index contributed by atoms with van der Waals surface area (Å²) in [7, 11) is 0. The van der Waals surface area contributed by atoms with Crippen LogP contribution in [0, 0.1) is 0 Å². The lowest BCUT2D eigenvalue weighted by atomic mass is 9.96. The summed E-state index contributed by atoms with van der Waals surface area (Å²) in [5.74, 6) is -0.173. The topological polar surface area (TPSA) is 26.3 Å². The molecule has 1 aliphatic rings. The normalized spacial score (nSPS) is 17.8. The lowest BCUT2D eigenvalue weighted by Gasteiger charge is -2.24.